The van der Waals surface area contributed by atoms with Crippen LogP contribution in [-0.4, -0.2) is 29.5 Å². The average Bonchev–Trinajstić information content (AvgIpc) is 3.69. The van der Waals surface area contributed by atoms with Gasteiger partial charge in [0.25, 0.3) is 0 Å². The van der Waals surface area contributed by atoms with Gasteiger partial charge in [-0.05, 0) is 6.07 Å². The van der Waals surface area contributed by atoms with Gasteiger partial charge in [-0.1, -0.05) is 18.2 Å². The monoisotopic (exact) mass is 653 g/mol. The third-order valence-electron chi connectivity index (χ3n) is 8.91. The zero-order chi connectivity index (χ0) is 30.2. The van der Waals surface area contributed by atoms with Crippen LogP contribution in [0.25, 0.3) is 96.9 Å². The van der Waals surface area contributed by atoms with Crippen molar-refractivity contribution in [1.82, 2.24) is 15.0 Å². The van der Waals surface area contributed by atoms with Crippen LogP contribution in [0.5, 0.6) is 0 Å². The molecule has 0 spiro atoms. The summed E-state index contributed by atoms with van der Waals surface area (Å²) >= 11 is 0.203. The van der Waals surface area contributed by atoms with Crippen molar-refractivity contribution in [3.63, 3.8) is 0 Å². The van der Waals surface area contributed by atoms with Gasteiger partial charge < -0.3 is 0 Å². The second-order valence-corrected chi connectivity index (χ2v) is 13.8. The molecule has 0 aliphatic carbocycles. The van der Waals surface area contributed by atoms with Crippen LogP contribution in [0.3, 0.4) is 0 Å². The molecule has 0 saturated heterocycles. The Kier molecular flexibility index (Phi) is 5.56. The third-order valence-corrected chi connectivity index (χ3v) is 11.4. The number of rotatable bonds is 3. The van der Waals surface area contributed by atoms with Crippen LogP contribution in [-0.2, 0) is 0 Å². The Morgan fingerprint density at radius 1 is 0.413 bits per heavy atom. The molecule has 46 heavy (non-hydrogen) atoms. The van der Waals surface area contributed by atoms with Gasteiger partial charge in [-0.25, -0.2) is 0 Å². The van der Waals surface area contributed by atoms with Gasteiger partial charge >= 0.3 is 246 Å². The summed E-state index contributed by atoms with van der Waals surface area (Å²) in [6, 6.07) is 48.9. The second-order valence-electron chi connectivity index (χ2n) is 11.6. The number of fused-ring (bicyclic) bond motifs is 10. The molecule has 0 aliphatic heterocycles. The van der Waals surface area contributed by atoms with E-state index in [0.717, 1.165) is 38.6 Å². The number of benzene rings is 7. The minimum absolute atomic E-state index is 0.203. The van der Waals surface area contributed by atoms with E-state index in [1.54, 1.807) is 0 Å². The molecule has 0 aliphatic rings. The number of para-hydroxylation sites is 1. The van der Waals surface area contributed by atoms with E-state index in [0.29, 0.717) is 17.5 Å². The molecule has 0 fully saturated rings. The van der Waals surface area contributed by atoms with Crippen molar-refractivity contribution >= 4 is 77.3 Å². The molecule has 0 amide bonds. The second kappa shape index (κ2) is 9.95. The molecular formula is C41H23N3OSe. The van der Waals surface area contributed by atoms with Crippen LogP contribution in [0.15, 0.2) is 144 Å². The maximum atomic E-state index is 6.22. The fourth-order valence-electron chi connectivity index (χ4n) is 6.68. The van der Waals surface area contributed by atoms with Gasteiger partial charge in [-0.15, -0.1) is 0 Å². The summed E-state index contributed by atoms with van der Waals surface area (Å²) in [5.41, 5.74) is 4.51. The van der Waals surface area contributed by atoms with Gasteiger partial charge in [0.05, 0.1) is 0 Å². The van der Waals surface area contributed by atoms with Gasteiger partial charge in [0.2, 0.25) is 0 Å². The zero-order valence-electron chi connectivity index (χ0n) is 24.4. The first kappa shape index (κ1) is 25.7. The summed E-state index contributed by atoms with van der Waals surface area (Å²) in [7, 11) is 0. The molecule has 10 aromatic rings. The van der Waals surface area contributed by atoms with Crippen molar-refractivity contribution < 1.29 is 4.42 Å². The Labute approximate surface area is 269 Å². The van der Waals surface area contributed by atoms with E-state index < -0.39 is 0 Å². The van der Waals surface area contributed by atoms with Crippen molar-refractivity contribution in [3.05, 3.63) is 140 Å². The molecule has 0 N–H and O–H groups in total. The average molecular weight is 653 g/mol. The molecule has 10 rings (SSSR count). The molecule has 3 heterocycles. The van der Waals surface area contributed by atoms with Gasteiger partial charge in [0.1, 0.15) is 0 Å². The predicted octanol–water partition coefficient (Wildman–Crippen LogP) is 10.4. The zero-order valence-corrected chi connectivity index (χ0v) is 26.2. The quantitative estimate of drug-likeness (QED) is 0.141. The van der Waals surface area contributed by atoms with Crippen molar-refractivity contribution in [1.29, 1.82) is 0 Å². The molecule has 5 heteroatoms. The maximum absolute atomic E-state index is 6.22. The summed E-state index contributed by atoms with van der Waals surface area (Å²) in [6.45, 7) is 0. The van der Waals surface area contributed by atoms with Crippen LogP contribution in [0.2, 0.25) is 0 Å². The molecule has 7 aromatic carbocycles. The number of nitrogens with zero attached hydrogens (tertiary/aromatic N) is 3. The van der Waals surface area contributed by atoms with Gasteiger partial charge in [-0.3, -0.25) is 0 Å². The number of hydrogen-bond acceptors (Lipinski definition) is 4. The van der Waals surface area contributed by atoms with E-state index >= 15 is 0 Å². The minimum atomic E-state index is 0.203. The van der Waals surface area contributed by atoms with Crippen LogP contribution in [0, 0.1) is 0 Å². The summed E-state index contributed by atoms with van der Waals surface area (Å²) < 4.78 is 9.06. The summed E-state index contributed by atoms with van der Waals surface area (Å²) in [6.07, 6.45) is 0. The number of hydrogen-bond donors (Lipinski definition) is 0. The predicted molar refractivity (Wildman–Crippen MR) is 190 cm³/mol. The van der Waals surface area contributed by atoms with Crippen molar-refractivity contribution in [2.24, 2.45) is 0 Å². The standard InChI is InChI=1S/C41H23N3OSe/c1-2-9-26(10-3-1)39-42-40(44-41(43-39)28-17-19-31-30-12-6-7-13-34(30)45-35(31)23-28)27-18-21-36-33(22-27)32-20-16-25-15-14-24-8-4-5-11-29(24)37(25)38(32)46-36/h1-23H. The fraction of sp³-hybridized carbons (Fsp3) is 0. The number of furan rings is 1. The first-order chi connectivity index (χ1) is 22.8. The van der Waals surface area contributed by atoms with E-state index in [2.05, 4.69) is 84.9 Å². The Balaban J connectivity index is 1.18. The van der Waals surface area contributed by atoms with Crippen molar-refractivity contribution in [2.75, 3.05) is 0 Å². The Hall–Kier alpha value is -5.61. The first-order valence-corrected chi connectivity index (χ1v) is 17.0. The summed E-state index contributed by atoms with van der Waals surface area (Å²) in [5, 5.41) is 10.0. The molecule has 4 nitrogen and oxygen atoms in total. The van der Waals surface area contributed by atoms with E-state index in [-0.39, 0.29) is 14.5 Å². The van der Waals surface area contributed by atoms with Crippen LogP contribution in [0.1, 0.15) is 0 Å². The fourth-order valence-corrected chi connectivity index (χ4v) is 9.30. The van der Waals surface area contributed by atoms with Crippen LogP contribution >= 0.6 is 0 Å². The van der Waals surface area contributed by atoms with Gasteiger partial charge in [0.15, 0.2) is 0 Å². The Morgan fingerprint density at radius 2 is 1.04 bits per heavy atom. The van der Waals surface area contributed by atoms with E-state index in [4.69, 9.17) is 19.4 Å². The third kappa shape index (κ3) is 3.96. The molecular weight excluding hydrogens is 629 g/mol. The van der Waals surface area contributed by atoms with E-state index in [1.165, 1.54) is 40.8 Å². The van der Waals surface area contributed by atoms with Crippen LogP contribution in [0.4, 0.5) is 0 Å². The van der Waals surface area contributed by atoms with Crippen molar-refractivity contribution in [3.8, 4) is 34.2 Å². The van der Waals surface area contributed by atoms with Gasteiger partial charge in [0, 0.05) is 0 Å². The molecule has 0 unspecified atom stereocenters. The molecule has 0 atom stereocenters. The molecule has 0 bridgehead atoms. The van der Waals surface area contributed by atoms with Crippen molar-refractivity contribution in [2.45, 2.75) is 0 Å². The normalized spacial score (nSPS) is 11.9. The molecule has 0 radical (unpaired) electrons. The SMILES string of the molecule is c1ccc(-c2nc(-c3ccc4c(c3)oc3ccccc34)nc(-c3ccc4[se]c5c(ccc6ccc7ccccc7c65)c4c3)n2)cc1. The topological polar surface area (TPSA) is 51.8 Å². The Morgan fingerprint density at radius 3 is 1.91 bits per heavy atom. The summed E-state index contributed by atoms with van der Waals surface area (Å²) in [5.74, 6) is 1.92. The van der Waals surface area contributed by atoms with Gasteiger partial charge in [-0.2, -0.15) is 0 Å². The summed E-state index contributed by atoms with van der Waals surface area (Å²) in [4.78, 5) is 15.1. The molecule has 0 saturated carbocycles. The Bertz CT molecular complexity index is 2820. The molecule has 3 aromatic heterocycles. The van der Waals surface area contributed by atoms with Crippen LogP contribution < -0.4 is 0 Å². The first-order valence-electron chi connectivity index (χ1n) is 15.3. The van der Waals surface area contributed by atoms with E-state index in [1.807, 2.05) is 54.6 Å². The molecule has 214 valence electrons. The van der Waals surface area contributed by atoms with E-state index in [9.17, 15) is 0 Å². The number of aromatic nitrogens is 3.